The van der Waals surface area contributed by atoms with Crippen molar-refractivity contribution >= 4 is 16.8 Å². The van der Waals surface area contributed by atoms with Crippen LogP contribution in [0.3, 0.4) is 0 Å². The lowest BCUT2D eigenvalue weighted by Crippen LogP contribution is -2.50. The summed E-state index contributed by atoms with van der Waals surface area (Å²) in [6, 6.07) is 17.9. The van der Waals surface area contributed by atoms with Gasteiger partial charge in [-0.1, -0.05) is 47.7 Å². The Morgan fingerprint density at radius 1 is 0.879 bits per heavy atom. The number of hydrogen-bond acceptors (Lipinski definition) is 5. The zero-order valence-electron chi connectivity index (χ0n) is 19.0. The minimum atomic E-state index is -0.0767. The molecule has 2 aliphatic rings. The van der Waals surface area contributed by atoms with Crippen molar-refractivity contribution in [3.8, 4) is 0 Å². The third kappa shape index (κ3) is 4.98. The van der Waals surface area contributed by atoms with Gasteiger partial charge >= 0.3 is 0 Å². The van der Waals surface area contributed by atoms with E-state index in [4.69, 9.17) is 0 Å². The Hall–Kier alpha value is -3.06. The Kier molecular flexibility index (Phi) is 6.48. The van der Waals surface area contributed by atoms with Crippen LogP contribution in [-0.2, 0) is 17.9 Å². The molecule has 172 valence electrons. The average Bonchev–Trinajstić information content (AvgIpc) is 2.87. The molecule has 5 rings (SSSR count). The monoisotopic (exact) mass is 445 g/mol. The molecule has 0 radical (unpaired) electrons. The summed E-state index contributed by atoms with van der Waals surface area (Å²) in [7, 11) is 0. The molecule has 2 heterocycles. The molecule has 1 saturated carbocycles. The van der Waals surface area contributed by atoms with E-state index < -0.39 is 0 Å². The summed E-state index contributed by atoms with van der Waals surface area (Å²) < 4.78 is 1.50. The molecule has 33 heavy (non-hydrogen) atoms. The van der Waals surface area contributed by atoms with Crippen molar-refractivity contribution in [1.82, 2.24) is 24.8 Å². The molecular weight excluding hydrogens is 414 g/mol. The molecule has 3 aromatic rings. The molecule has 1 saturated heterocycles. The van der Waals surface area contributed by atoms with Crippen LogP contribution in [0, 0.1) is 11.8 Å². The van der Waals surface area contributed by atoms with Crippen LogP contribution in [0.25, 0.3) is 10.9 Å². The Balaban J connectivity index is 1.11. The van der Waals surface area contributed by atoms with Gasteiger partial charge in [0.05, 0.1) is 5.39 Å². The van der Waals surface area contributed by atoms with Gasteiger partial charge in [0, 0.05) is 45.2 Å². The summed E-state index contributed by atoms with van der Waals surface area (Å²) in [5.74, 6) is 0.793. The number of piperazine rings is 1. The molecule has 1 amide bonds. The predicted molar refractivity (Wildman–Crippen MR) is 128 cm³/mol. The van der Waals surface area contributed by atoms with Crippen LogP contribution in [0.2, 0.25) is 0 Å². The van der Waals surface area contributed by atoms with Crippen molar-refractivity contribution in [2.45, 2.75) is 38.8 Å². The molecule has 7 nitrogen and oxygen atoms in total. The summed E-state index contributed by atoms with van der Waals surface area (Å²) in [6.07, 6.45) is 3.68. The number of carbonyl (C=O) groups excluding carboxylic acids is 1. The van der Waals surface area contributed by atoms with E-state index in [0.717, 1.165) is 58.4 Å². The molecule has 7 heteroatoms. The number of benzene rings is 2. The first kappa shape index (κ1) is 21.8. The van der Waals surface area contributed by atoms with Crippen molar-refractivity contribution in [2.24, 2.45) is 11.8 Å². The number of hydrogen-bond donors (Lipinski definition) is 0. The summed E-state index contributed by atoms with van der Waals surface area (Å²) in [5.41, 5.74) is 1.88. The first-order valence-corrected chi connectivity index (χ1v) is 12.0. The second-order valence-corrected chi connectivity index (χ2v) is 9.40. The number of nitrogens with zero attached hydrogens (tertiary/aromatic N) is 5. The maximum atomic E-state index is 13.1. The molecule has 0 N–H and O–H groups in total. The molecule has 0 atom stereocenters. The van der Waals surface area contributed by atoms with Crippen molar-refractivity contribution in [2.75, 3.05) is 26.2 Å². The highest BCUT2D eigenvalue weighted by Gasteiger charge is 2.31. The second-order valence-electron chi connectivity index (χ2n) is 9.40. The molecule has 2 aromatic carbocycles. The van der Waals surface area contributed by atoms with E-state index in [1.165, 1.54) is 10.2 Å². The SMILES string of the molecule is O=C(C1CCC(Cn2nnc3ccccc3c2=O)CC1)N1CCN(Cc2ccccc2)CC1. The van der Waals surface area contributed by atoms with Crippen molar-refractivity contribution in [3.63, 3.8) is 0 Å². The van der Waals surface area contributed by atoms with E-state index in [-0.39, 0.29) is 11.5 Å². The quantitative estimate of drug-likeness (QED) is 0.604. The zero-order chi connectivity index (χ0) is 22.6. The third-order valence-corrected chi connectivity index (χ3v) is 7.19. The van der Waals surface area contributed by atoms with Gasteiger partial charge < -0.3 is 4.90 Å². The van der Waals surface area contributed by atoms with Crippen LogP contribution in [0.1, 0.15) is 31.2 Å². The standard InChI is InChI=1S/C26H31N5O2/c32-25(30-16-14-29(15-17-30)18-20-6-2-1-3-7-20)22-12-10-21(11-13-22)19-31-26(33)23-8-4-5-9-24(23)27-28-31/h1-9,21-22H,10-19H2. The highest BCUT2D eigenvalue weighted by Crippen LogP contribution is 2.31. The van der Waals surface area contributed by atoms with Gasteiger partial charge in [0.25, 0.3) is 5.56 Å². The lowest BCUT2D eigenvalue weighted by molar-refractivity contribution is -0.138. The summed E-state index contributed by atoms with van der Waals surface area (Å²) in [4.78, 5) is 30.3. The Morgan fingerprint density at radius 2 is 1.58 bits per heavy atom. The van der Waals surface area contributed by atoms with Gasteiger partial charge in [0.2, 0.25) is 5.91 Å². The number of aromatic nitrogens is 3. The number of rotatable bonds is 5. The summed E-state index contributed by atoms with van der Waals surface area (Å²) >= 11 is 0. The fourth-order valence-corrected chi connectivity index (χ4v) is 5.21. The van der Waals surface area contributed by atoms with Gasteiger partial charge in [-0.25, -0.2) is 4.68 Å². The van der Waals surface area contributed by atoms with E-state index in [2.05, 4.69) is 44.4 Å². The van der Waals surface area contributed by atoms with Gasteiger partial charge in [-0.05, 0) is 49.3 Å². The van der Waals surface area contributed by atoms with E-state index in [1.807, 2.05) is 24.3 Å². The average molecular weight is 446 g/mol. The Labute approximate surface area is 194 Å². The van der Waals surface area contributed by atoms with Gasteiger partial charge in [-0.2, -0.15) is 0 Å². The molecule has 0 bridgehead atoms. The molecule has 1 aliphatic heterocycles. The van der Waals surface area contributed by atoms with Crippen molar-refractivity contribution in [1.29, 1.82) is 0 Å². The topological polar surface area (TPSA) is 71.3 Å². The molecule has 0 spiro atoms. The van der Waals surface area contributed by atoms with Crippen LogP contribution < -0.4 is 5.56 Å². The van der Waals surface area contributed by atoms with E-state index in [1.54, 1.807) is 6.07 Å². The van der Waals surface area contributed by atoms with Crippen LogP contribution in [-0.4, -0.2) is 56.9 Å². The Bertz CT molecular complexity index is 1150. The van der Waals surface area contributed by atoms with Gasteiger partial charge in [-0.3, -0.25) is 14.5 Å². The molecular formula is C26H31N5O2. The molecule has 1 aliphatic carbocycles. The van der Waals surface area contributed by atoms with E-state index in [9.17, 15) is 9.59 Å². The summed E-state index contributed by atoms with van der Waals surface area (Å²) in [5, 5.41) is 8.95. The van der Waals surface area contributed by atoms with E-state index >= 15 is 0 Å². The lowest BCUT2D eigenvalue weighted by atomic mass is 9.81. The Morgan fingerprint density at radius 3 is 2.33 bits per heavy atom. The normalized spacial score (nSPS) is 21.9. The van der Waals surface area contributed by atoms with Crippen molar-refractivity contribution in [3.05, 3.63) is 70.5 Å². The largest absolute Gasteiger partial charge is 0.340 e. The van der Waals surface area contributed by atoms with Gasteiger partial charge in [0.15, 0.2) is 0 Å². The fourth-order valence-electron chi connectivity index (χ4n) is 5.21. The van der Waals surface area contributed by atoms with Crippen LogP contribution in [0.4, 0.5) is 0 Å². The number of fused-ring (bicyclic) bond motifs is 1. The van der Waals surface area contributed by atoms with Crippen LogP contribution in [0.15, 0.2) is 59.4 Å². The smallest absolute Gasteiger partial charge is 0.277 e. The summed E-state index contributed by atoms with van der Waals surface area (Å²) in [6.45, 7) is 5.02. The van der Waals surface area contributed by atoms with E-state index in [0.29, 0.717) is 29.3 Å². The van der Waals surface area contributed by atoms with Crippen molar-refractivity contribution < 1.29 is 4.79 Å². The molecule has 2 fully saturated rings. The first-order valence-electron chi connectivity index (χ1n) is 12.0. The highest BCUT2D eigenvalue weighted by molar-refractivity contribution is 5.79. The van der Waals surface area contributed by atoms with Gasteiger partial charge in [0.1, 0.15) is 5.52 Å². The van der Waals surface area contributed by atoms with Crippen LogP contribution in [0.5, 0.6) is 0 Å². The molecule has 0 unspecified atom stereocenters. The minimum Gasteiger partial charge on any atom is -0.340 e. The maximum Gasteiger partial charge on any atom is 0.277 e. The highest BCUT2D eigenvalue weighted by atomic mass is 16.2. The van der Waals surface area contributed by atoms with Gasteiger partial charge in [-0.15, -0.1) is 5.10 Å². The minimum absolute atomic E-state index is 0.0767. The lowest BCUT2D eigenvalue weighted by Gasteiger charge is -2.38. The third-order valence-electron chi connectivity index (χ3n) is 7.19. The second kappa shape index (κ2) is 9.83. The van der Waals surface area contributed by atoms with Crippen LogP contribution >= 0.6 is 0 Å². The predicted octanol–water partition coefficient (Wildman–Crippen LogP) is 2.94. The first-order chi connectivity index (χ1) is 16.2. The number of carbonyl (C=O) groups is 1. The maximum absolute atomic E-state index is 13.1. The molecule has 1 aromatic heterocycles. The number of amides is 1. The zero-order valence-corrected chi connectivity index (χ0v) is 19.0. The fraction of sp³-hybridized carbons (Fsp3) is 0.462.